The minimum atomic E-state index is -1.12. The fourth-order valence-electron chi connectivity index (χ4n) is 3.48. The van der Waals surface area contributed by atoms with Crippen LogP contribution in [0, 0.1) is 24.4 Å². The number of nitrogens with zero attached hydrogens (tertiary/aromatic N) is 3. The molecule has 0 aliphatic carbocycles. The summed E-state index contributed by atoms with van der Waals surface area (Å²) >= 11 is 0. The highest BCUT2D eigenvalue weighted by Gasteiger charge is 2.20. The molecule has 170 valence electrons. The van der Waals surface area contributed by atoms with Gasteiger partial charge in [-0.05, 0) is 48.9 Å². The first-order valence-corrected chi connectivity index (χ1v) is 9.97. The van der Waals surface area contributed by atoms with E-state index in [9.17, 15) is 23.1 Å². The van der Waals surface area contributed by atoms with Gasteiger partial charge in [-0.3, -0.25) is 9.36 Å². The van der Waals surface area contributed by atoms with E-state index in [4.69, 9.17) is 5.11 Å². The highest BCUT2D eigenvalue weighted by molar-refractivity contribution is 5.93. The molecule has 3 N–H and O–H groups in total. The number of aliphatic hydroxyl groups is 2. The largest absolute Gasteiger partial charge is 0.394 e. The van der Waals surface area contributed by atoms with E-state index < -0.39 is 41.4 Å². The van der Waals surface area contributed by atoms with Gasteiger partial charge in [-0.2, -0.15) is 4.98 Å². The van der Waals surface area contributed by atoms with Crippen LogP contribution >= 0.6 is 0 Å². The van der Waals surface area contributed by atoms with Crippen molar-refractivity contribution in [3.63, 3.8) is 0 Å². The van der Waals surface area contributed by atoms with E-state index in [1.54, 1.807) is 6.92 Å². The predicted molar refractivity (Wildman–Crippen MR) is 117 cm³/mol. The zero-order valence-corrected chi connectivity index (χ0v) is 17.4. The molecule has 33 heavy (non-hydrogen) atoms. The third-order valence-electron chi connectivity index (χ3n) is 5.06. The monoisotopic (exact) mass is 456 g/mol. The van der Waals surface area contributed by atoms with Crippen LogP contribution in [0.5, 0.6) is 0 Å². The molecule has 0 aliphatic heterocycles. The van der Waals surface area contributed by atoms with E-state index in [2.05, 4.69) is 15.3 Å². The van der Waals surface area contributed by atoms with Crippen LogP contribution in [0.2, 0.25) is 0 Å². The van der Waals surface area contributed by atoms with Crippen LogP contribution in [0.3, 0.4) is 0 Å². The molecule has 1 unspecified atom stereocenters. The van der Waals surface area contributed by atoms with Gasteiger partial charge in [0.05, 0.1) is 18.4 Å². The number of aromatic nitrogens is 3. The van der Waals surface area contributed by atoms with Crippen LogP contribution in [0.15, 0.2) is 53.3 Å². The Kier molecular flexibility index (Phi) is 6.12. The lowest BCUT2D eigenvalue weighted by Gasteiger charge is -2.16. The molecule has 0 saturated heterocycles. The smallest absolute Gasteiger partial charge is 0.256 e. The van der Waals surface area contributed by atoms with Gasteiger partial charge in [0.1, 0.15) is 23.1 Å². The molecule has 4 rings (SSSR count). The second-order valence-electron chi connectivity index (χ2n) is 7.39. The van der Waals surface area contributed by atoms with Crippen molar-refractivity contribution in [1.82, 2.24) is 14.5 Å². The van der Waals surface area contributed by atoms with Crippen molar-refractivity contribution in [3.8, 4) is 16.9 Å². The lowest BCUT2D eigenvalue weighted by Crippen LogP contribution is -2.25. The third kappa shape index (κ3) is 4.30. The third-order valence-corrected chi connectivity index (χ3v) is 5.06. The molecule has 1 atom stereocenters. The Morgan fingerprint density at radius 1 is 1.06 bits per heavy atom. The molecule has 0 fully saturated rings. The van der Waals surface area contributed by atoms with Gasteiger partial charge in [0.15, 0.2) is 5.65 Å². The average Bonchev–Trinajstić information content (AvgIpc) is 2.78. The average molecular weight is 456 g/mol. The molecule has 10 heteroatoms. The van der Waals surface area contributed by atoms with Gasteiger partial charge in [0, 0.05) is 23.6 Å². The van der Waals surface area contributed by atoms with Crippen molar-refractivity contribution in [3.05, 3.63) is 81.9 Å². The Morgan fingerprint density at radius 3 is 2.45 bits per heavy atom. The summed E-state index contributed by atoms with van der Waals surface area (Å²) in [6.45, 7) is 1.02. The Hall–Kier alpha value is -3.76. The second kappa shape index (κ2) is 9.00. The second-order valence-corrected chi connectivity index (χ2v) is 7.39. The first-order valence-electron chi connectivity index (χ1n) is 9.97. The number of pyridine rings is 1. The number of nitrogens with one attached hydrogen (secondary N) is 1. The predicted octanol–water partition coefficient (Wildman–Crippen LogP) is 2.94. The fourth-order valence-corrected chi connectivity index (χ4v) is 3.48. The van der Waals surface area contributed by atoms with E-state index in [1.807, 2.05) is 0 Å². The van der Waals surface area contributed by atoms with Crippen molar-refractivity contribution in [2.75, 3.05) is 18.5 Å². The van der Waals surface area contributed by atoms with Crippen LogP contribution < -0.4 is 10.9 Å². The summed E-state index contributed by atoms with van der Waals surface area (Å²) in [5.41, 5.74) is -0.103. The maximum absolute atomic E-state index is 14.6. The molecular formula is C23H19F3N4O3. The van der Waals surface area contributed by atoms with Gasteiger partial charge in [-0.15, -0.1) is 0 Å². The van der Waals surface area contributed by atoms with Crippen molar-refractivity contribution < 1.29 is 23.4 Å². The number of hydrogen-bond acceptors (Lipinski definition) is 6. The van der Waals surface area contributed by atoms with Crippen molar-refractivity contribution in [2.24, 2.45) is 0 Å². The number of anilines is 1. The van der Waals surface area contributed by atoms with Crippen molar-refractivity contribution in [2.45, 2.75) is 13.0 Å². The summed E-state index contributed by atoms with van der Waals surface area (Å²) in [6, 6.07) is 9.83. The van der Waals surface area contributed by atoms with E-state index in [-0.39, 0.29) is 23.8 Å². The summed E-state index contributed by atoms with van der Waals surface area (Å²) in [7, 11) is 0. The van der Waals surface area contributed by atoms with Crippen LogP contribution in [0.1, 0.15) is 5.56 Å². The van der Waals surface area contributed by atoms with Gasteiger partial charge < -0.3 is 15.5 Å². The van der Waals surface area contributed by atoms with E-state index in [0.29, 0.717) is 16.5 Å². The normalized spacial score (nSPS) is 12.2. The minimum absolute atomic E-state index is 0.0650. The van der Waals surface area contributed by atoms with Gasteiger partial charge in [0.25, 0.3) is 5.56 Å². The number of fused-ring (bicyclic) bond motifs is 1. The number of benzene rings is 2. The summed E-state index contributed by atoms with van der Waals surface area (Å²) < 4.78 is 43.7. The molecule has 0 spiro atoms. The van der Waals surface area contributed by atoms with Gasteiger partial charge >= 0.3 is 0 Å². The first kappa shape index (κ1) is 22.4. The van der Waals surface area contributed by atoms with E-state index >= 15 is 0 Å². The molecule has 2 heterocycles. The van der Waals surface area contributed by atoms with E-state index in [0.717, 1.165) is 22.8 Å². The Morgan fingerprint density at radius 2 is 1.79 bits per heavy atom. The molecule has 0 amide bonds. The van der Waals surface area contributed by atoms with Crippen LogP contribution in [-0.4, -0.2) is 44.0 Å². The van der Waals surface area contributed by atoms with Crippen LogP contribution in [0.4, 0.5) is 19.1 Å². The van der Waals surface area contributed by atoms with Crippen molar-refractivity contribution in [1.29, 1.82) is 0 Å². The van der Waals surface area contributed by atoms with Gasteiger partial charge in [0.2, 0.25) is 5.95 Å². The minimum Gasteiger partial charge on any atom is -0.394 e. The van der Waals surface area contributed by atoms with Gasteiger partial charge in [-0.25, -0.2) is 18.2 Å². The summed E-state index contributed by atoms with van der Waals surface area (Å²) in [5, 5.41) is 21.8. The molecule has 4 aromatic rings. The van der Waals surface area contributed by atoms with Gasteiger partial charge in [-0.1, -0.05) is 6.07 Å². The number of aliphatic hydroxyl groups excluding tert-OH is 2. The number of aryl methyl sites for hydroxylation is 1. The lowest BCUT2D eigenvalue weighted by atomic mass is 10.0. The molecule has 2 aromatic carbocycles. The van der Waals surface area contributed by atoms with E-state index in [1.165, 1.54) is 30.3 Å². The van der Waals surface area contributed by atoms with Crippen LogP contribution in [0.25, 0.3) is 28.0 Å². The maximum Gasteiger partial charge on any atom is 0.256 e. The fraction of sp³-hybridized carbons (Fsp3) is 0.174. The quantitative estimate of drug-likeness (QED) is 0.413. The zero-order valence-electron chi connectivity index (χ0n) is 17.4. The number of halogens is 3. The Labute approximate surface area is 185 Å². The number of hydrogen-bond donors (Lipinski definition) is 3. The molecule has 2 aromatic heterocycles. The Bertz CT molecular complexity index is 1390. The molecule has 0 bridgehead atoms. The topological polar surface area (TPSA) is 100 Å². The molecular weight excluding hydrogens is 437 g/mol. The lowest BCUT2D eigenvalue weighted by molar-refractivity contribution is 0.105. The maximum atomic E-state index is 14.6. The Balaban J connectivity index is 2.06. The first-order chi connectivity index (χ1) is 15.8. The highest BCUT2D eigenvalue weighted by Crippen LogP contribution is 2.31. The summed E-state index contributed by atoms with van der Waals surface area (Å²) in [5.74, 6) is -2.45. The van der Waals surface area contributed by atoms with Crippen LogP contribution in [-0.2, 0) is 0 Å². The molecule has 7 nitrogen and oxygen atoms in total. The standard InChI is InChI=1S/C23H19F3N4O3/c1-12-9-13(24)5-6-15(12)20-16-7-8-19(33)30(21-17(25)3-2-4-18(21)26)22(16)29-23(28-20)27-10-14(32)11-31/h2-9,14,31-32H,10-11H2,1H3,(H,27,28,29). The molecule has 0 aliphatic rings. The molecule has 0 radical (unpaired) electrons. The number of rotatable bonds is 6. The van der Waals surface area contributed by atoms with Crippen molar-refractivity contribution >= 4 is 17.0 Å². The SMILES string of the molecule is Cc1cc(F)ccc1-c1nc(NCC(O)CO)nc2c1ccc(=O)n2-c1c(F)cccc1F. The highest BCUT2D eigenvalue weighted by atomic mass is 19.1. The zero-order chi connectivity index (χ0) is 23.7. The number of para-hydroxylation sites is 1. The summed E-state index contributed by atoms with van der Waals surface area (Å²) in [4.78, 5) is 21.5. The molecule has 0 saturated carbocycles. The summed E-state index contributed by atoms with van der Waals surface area (Å²) in [6.07, 6.45) is -1.12.